The van der Waals surface area contributed by atoms with Crippen LogP contribution in [-0.4, -0.2) is 43.3 Å². The zero-order valence-electron chi connectivity index (χ0n) is 11.7. The maximum absolute atomic E-state index is 11.6. The minimum Gasteiger partial charge on any atom is -0.480 e. The summed E-state index contributed by atoms with van der Waals surface area (Å²) in [5.74, 6) is -0.848. The molecule has 4 nitrogen and oxygen atoms in total. The summed E-state index contributed by atoms with van der Waals surface area (Å²) in [5, 5.41) is 11.6. The maximum Gasteiger partial charge on any atom is 0.325 e. The first-order valence-corrected chi connectivity index (χ1v) is 6.54. The fraction of sp³-hybridized carbons (Fsp3) is 0.312. The van der Waals surface area contributed by atoms with Crippen molar-refractivity contribution in [2.45, 2.75) is 6.04 Å². The van der Waals surface area contributed by atoms with E-state index in [2.05, 4.69) is 0 Å². The number of benzene rings is 2. The number of nitrogens with zero attached hydrogens (tertiary/aromatic N) is 1. The SMILES string of the molecule is COCCN(C)[C@@H](C(=O)O)c1ccc2ccccc2c1. The summed E-state index contributed by atoms with van der Waals surface area (Å²) in [7, 11) is 3.41. The van der Waals surface area contributed by atoms with Gasteiger partial charge in [-0.2, -0.15) is 0 Å². The van der Waals surface area contributed by atoms with Gasteiger partial charge in [-0.1, -0.05) is 36.4 Å². The zero-order chi connectivity index (χ0) is 14.5. The van der Waals surface area contributed by atoms with Gasteiger partial charge in [-0.15, -0.1) is 0 Å². The minimum atomic E-state index is -0.848. The van der Waals surface area contributed by atoms with E-state index in [9.17, 15) is 9.90 Å². The molecule has 4 heteroatoms. The highest BCUT2D eigenvalue weighted by molar-refractivity contribution is 5.85. The van der Waals surface area contributed by atoms with Crippen LogP contribution in [0.1, 0.15) is 11.6 Å². The summed E-state index contributed by atoms with van der Waals surface area (Å²) < 4.78 is 5.01. The molecule has 1 N–H and O–H groups in total. The van der Waals surface area contributed by atoms with Gasteiger partial charge < -0.3 is 9.84 Å². The first-order chi connectivity index (χ1) is 9.63. The third-order valence-electron chi connectivity index (χ3n) is 3.41. The molecular weight excluding hydrogens is 254 g/mol. The number of likely N-dealkylation sites (N-methyl/N-ethyl adjacent to an activating group) is 1. The molecule has 0 saturated heterocycles. The molecule has 2 rings (SSSR count). The highest BCUT2D eigenvalue weighted by Gasteiger charge is 2.24. The summed E-state index contributed by atoms with van der Waals surface area (Å²) in [6, 6.07) is 13.1. The molecule has 0 aliphatic heterocycles. The number of hydrogen-bond acceptors (Lipinski definition) is 3. The van der Waals surface area contributed by atoms with Crippen molar-refractivity contribution in [1.29, 1.82) is 0 Å². The third-order valence-corrected chi connectivity index (χ3v) is 3.41. The Morgan fingerprint density at radius 1 is 1.25 bits per heavy atom. The van der Waals surface area contributed by atoms with E-state index in [1.165, 1.54) is 0 Å². The third kappa shape index (κ3) is 3.15. The monoisotopic (exact) mass is 273 g/mol. The molecule has 0 saturated carbocycles. The molecule has 2 aromatic carbocycles. The van der Waals surface area contributed by atoms with E-state index in [0.29, 0.717) is 13.2 Å². The number of hydrogen-bond donors (Lipinski definition) is 1. The van der Waals surface area contributed by atoms with Crippen molar-refractivity contribution in [3.05, 3.63) is 48.0 Å². The number of ether oxygens (including phenoxy) is 1. The number of fused-ring (bicyclic) bond motifs is 1. The lowest BCUT2D eigenvalue weighted by molar-refractivity contribution is -0.143. The maximum atomic E-state index is 11.6. The summed E-state index contributed by atoms with van der Waals surface area (Å²) in [6.45, 7) is 1.08. The van der Waals surface area contributed by atoms with Gasteiger partial charge in [-0.25, -0.2) is 0 Å². The molecule has 20 heavy (non-hydrogen) atoms. The van der Waals surface area contributed by atoms with Crippen LogP contribution >= 0.6 is 0 Å². The molecule has 0 aliphatic rings. The Morgan fingerprint density at radius 2 is 1.95 bits per heavy atom. The fourth-order valence-electron chi connectivity index (χ4n) is 2.33. The van der Waals surface area contributed by atoms with Crippen LogP contribution in [0.25, 0.3) is 10.8 Å². The van der Waals surface area contributed by atoms with Gasteiger partial charge in [0.15, 0.2) is 0 Å². The Morgan fingerprint density at radius 3 is 2.60 bits per heavy atom. The van der Waals surface area contributed by atoms with Gasteiger partial charge in [0, 0.05) is 13.7 Å². The summed E-state index contributed by atoms with van der Waals surface area (Å²) in [4.78, 5) is 13.3. The highest BCUT2D eigenvalue weighted by atomic mass is 16.5. The van der Waals surface area contributed by atoms with Crippen LogP contribution in [0.4, 0.5) is 0 Å². The molecule has 0 bridgehead atoms. The van der Waals surface area contributed by atoms with Crippen LogP contribution < -0.4 is 0 Å². The van der Waals surface area contributed by atoms with Crippen LogP contribution in [-0.2, 0) is 9.53 Å². The lowest BCUT2D eigenvalue weighted by atomic mass is 10.0. The summed E-state index contributed by atoms with van der Waals surface area (Å²) >= 11 is 0. The summed E-state index contributed by atoms with van der Waals surface area (Å²) in [6.07, 6.45) is 0. The second kappa shape index (κ2) is 6.50. The normalized spacial score (nSPS) is 12.8. The van der Waals surface area contributed by atoms with Crippen LogP contribution in [0.3, 0.4) is 0 Å². The molecule has 0 amide bonds. The number of methoxy groups -OCH3 is 1. The molecule has 0 unspecified atom stereocenters. The first kappa shape index (κ1) is 14.5. The Kier molecular flexibility index (Phi) is 4.71. The predicted molar refractivity (Wildman–Crippen MR) is 78.8 cm³/mol. The van der Waals surface area contributed by atoms with Crippen molar-refractivity contribution in [1.82, 2.24) is 4.90 Å². The molecule has 0 aliphatic carbocycles. The van der Waals surface area contributed by atoms with Gasteiger partial charge in [0.05, 0.1) is 6.61 Å². The average Bonchev–Trinajstić information content (AvgIpc) is 2.44. The fourth-order valence-corrected chi connectivity index (χ4v) is 2.33. The smallest absolute Gasteiger partial charge is 0.325 e. The zero-order valence-corrected chi connectivity index (χ0v) is 11.7. The Bertz CT molecular complexity index is 597. The van der Waals surface area contributed by atoms with Crippen molar-refractivity contribution < 1.29 is 14.6 Å². The minimum absolute atomic E-state index is 0.508. The molecule has 1 atom stereocenters. The number of carboxylic acids is 1. The highest BCUT2D eigenvalue weighted by Crippen LogP contribution is 2.24. The lowest BCUT2D eigenvalue weighted by Gasteiger charge is -2.24. The largest absolute Gasteiger partial charge is 0.480 e. The van der Waals surface area contributed by atoms with E-state index in [0.717, 1.165) is 16.3 Å². The van der Waals surface area contributed by atoms with E-state index in [1.54, 1.807) is 19.1 Å². The van der Waals surface area contributed by atoms with Crippen LogP contribution in [0.5, 0.6) is 0 Å². The van der Waals surface area contributed by atoms with Gasteiger partial charge in [0.2, 0.25) is 0 Å². The van der Waals surface area contributed by atoms with Gasteiger partial charge in [0.1, 0.15) is 6.04 Å². The van der Waals surface area contributed by atoms with E-state index >= 15 is 0 Å². The second-order valence-corrected chi connectivity index (χ2v) is 4.82. The first-order valence-electron chi connectivity index (χ1n) is 6.54. The van der Waals surface area contributed by atoms with Crippen molar-refractivity contribution in [3.8, 4) is 0 Å². The molecule has 0 radical (unpaired) electrons. The topological polar surface area (TPSA) is 49.8 Å². The van der Waals surface area contributed by atoms with Crippen LogP contribution in [0.15, 0.2) is 42.5 Å². The van der Waals surface area contributed by atoms with E-state index < -0.39 is 12.0 Å². The predicted octanol–water partition coefficient (Wildman–Crippen LogP) is 2.54. The van der Waals surface area contributed by atoms with Gasteiger partial charge in [0.25, 0.3) is 0 Å². The van der Waals surface area contributed by atoms with E-state index in [1.807, 2.05) is 42.5 Å². The standard InChI is InChI=1S/C16H19NO3/c1-17(9-10-20-2)15(16(18)19)14-8-7-12-5-3-4-6-13(12)11-14/h3-8,11,15H,9-10H2,1-2H3,(H,18,19)/t15-/m1/s1. The number of aliphatic carboxylic acids is 1. The van der Waals surface area contributed by atoms with Crippen molar-refractivity contribution in [2.24, 2.45) is 0 Å². The molecule has 0 spiro atoms. The molecule has 0 heterocycles. The molecule has 0 aromatic heterocycles. The van der Waals surface area contributed by atoms with Gasteiger partial charge in [-0.05, 0) is 29.4 Å². The van der Waals surface area contributed by atoms with Gasteiger partial charge in [-0.3, -0.25) is 9.69 Å². The van der Waals surface area contributed by atoms with Crippen molar-refractivity contribution in [2.75, 3.05) is 27.3 Å². The lowest BCUT2D eigenvalue weighted by Crippen LogP contribution is -2.33. The molecular formula is C16H19NO3. The molecule has 106 valence electrons. The van der Waals surface area contributed by atoms with E-state index in [-0.39, 0.29) is 0 Å². The van der Waals surface area contributed by atoms with Crippen LogP contribution in [0.2, 0.25) is 0 Å². The van der Waals surface area contributed by atoms with E-state index in [4.69, 9.17) is 4.74 Å². The van der Waals surface area contributed by atoms with Crippen molar-refractivity contribution >= 4 is 16.7 Å². The summed E-state index contributed by atoms with van der Waals surface area (Å²) in [5.41, 5.74) is 0.787. The number of carboxylic acid groups (broad SMARTS) is 1. The van der Waals surface area contributed by atoms with Gasteiger partial charge >= 0.3 is 5.97 Å². The van der Waals surface area contributed by atoms with Crippen LogP contribution in [0, 0.1) is 0 Å². The Labute approximate surface area is 118 Å². The Hall–Kier alpha value is -1.91. The molecule has 2 aromatic rings. The second-order valence-electron chi connectivity index (χ2n) is 4.82. The average molecular weight is 273 g/mol. The van der Waals surface area contributed by atoms with Crippen molar-refractivity contribution in [3.63, 3.8) is 0 Å². The Balaban J connectivity index is 2.33. The number of rotatable bonds is 6. The molecule has 0 fully saturated rings. The number of carbonyl (C=O) groups is 1. The quantitative estimate of drug-likeness (QED) is 0.878.